The number of halogens is 2. The Morgan fingerprint density at radius 3 is 1.84 bits per heavy atom. The van der Waals surface area contributed by atoms with Gasteiger partial charge in [0.15, 0.2) is 0 Å². The third-order valence-corrected chi connectivity index (χ3v) is 10.7. The predicted octanol–water partition coefficient (Wildman–Crippen LogP) is 7.63. The second-order valence-corrected chi connectivity index (χ2v) is 14.3. The fraction of sp³-hybridized carbons (Fsp3) is 0.256. The van der Waals surface area contributed by atoms with Gasteiger partial charge in [-0.15, -0.1) is 0 Å². The molecule has 260 valence electrons. The predicted molar refractivity (Wildman–Crippen MR) is 186 cm³/mol. The number of carbonyl (C=O) groups is 1. The maximum absolute atomic E-state index is 16.1. The first-order valence-corrected chi connectivity index (χ1v) is 17.6. The van der Waals surface area contributed by atoms with Crippen LogP contribution in [-0.4, -0.2) is 44.6 Å². The zero-order valence-corrected chi connectivity index (χ0v) is 28.9. The molecular formula is C39H38F2N2O6S. The molecule has 6 rings (SSSR count). The summed E-state index contributed by atoms with van der Waals surface area (Å²) in [6.07, 6.45) is 2.68. The summed E-state index contributed by atoms with van der Waals surface area (Å²) in [7, 11) is 0.0791. The SMILES string of the molecule is COC(=O)c1cc(-c2ccc(F)cc2)n(Cc2ccc(S(=O)(=O)N(Cc3ccc(OC)cc3)Cc3ccc(OC)cc3)c(F)c2)c1CC1CC1. The Balaban J connectivity index is 1.36. The Labute approximate surface area is 290 Å². The molecule has 11 heteroatoms. The van der Waals surface area contributed by atoms with Crippen LogP contribution in [0.4, 0.5) is 8.78 Å². The molecule has 0 spiro atoms. The second-order valence-electron chi connectivity index (χ2n) is 12.4. The maximum Gasteiger partial charge on any atom is 0.339 e. The molecule has 1 fully saturated rings. The van der Waals surface area contributed by atoms with Crippen LogP contribution in [0.2, 0.25) is 0 Å². The van der Waals surface area contributed by atoms with E-state index in [9.17, 15) is 17.6 Å². The van der Waals surface area contributed by atoms with Crippen LogP contribution in [-0.2, 0) is 40.8 Å². The van der Waals surface area contributed by atoms with E-state index in [2.05, 4.69) is 0 Å². The number of esters is 1. The van der Waals surface area contributed by atoms with E-state index in [0.717, 1.165) is 18.5 Å². The van der Waals surface area contributed by atoms with Crippen LogP contribution in [0.3, 0.4) is 0 Å². The highest BCUT2D eigenvalue weighted by Gasteiger charge is 2.31. The van der Waals surface area contributed by atoms with Gasteiger partial charge in [-0.05, 0) is 114 Å². The van der Waals surface area contributed by atoms with Gasteiger partial charge in [-0.3, -0.25) is 0 Å². The fourth-order valence-electron chi connectivity index (χ4n) is 6.00. The van der Waals surface area contributed by atoms with Crippen molar-refractivity contribution in [1.82, 2.24) is 8.87 Å². The quantitative estimate of drug-likeness (QED) is 0.111. The standard InChI is InChI=1S/C39H38F2N2O6S/c1-47-32-15-6-27(7-16-32)23-42(24-28-8-17-33(48-2)18-9-28)50(45,46)38-19-10-29(20-35(38)41)25-43-36(30-11-13-31(40)14-12-30)22-34(39(44)49-3)37(43)21-26-4-5-26/h6-20,22,26H,4-5,21,23-25H2,1-3H3. The van der Waals surface area contributed by atoms with E-state index in [1.54, 1.807) is 87.0 Å². The van der Waals surface area contributed by atoms with Gasteiger partial charge in [-0.2, -0.15) is 4.31 Å². The number of nitrogens with zero attached hydrogens (tertiary/aromatic N) is 2. The van der Waals surface area contributed by atoms with Crippen molar-refractivity contribution in [3.05, 3.63) is 137 Å². The third kappa shape index (κ3) is 7.74. The molecule has 0 amide bonds. The second kappa shape index (κ2) is 14.9. The minimum absolute atomic E-state index is 0.00915. The summed E-state index contributed by atoms with van der Waals surface area (Å²) in [5.74, 6) is -0.132. The molecule has 1 aliphatic rings. The summed E-state index contributed by atoms with van der Waals surface area (Å²) in [6, 6.07) is 25.8. The third-order valence-electron chi connectivity index (χ3n) is 8.92. The Morgan fingerprint density at radius 2 is 1.34 bits per heavy atom. The monoisotopic (exact) mass is 700 g/mol. The van der Waals surface area contributed by atoms with Gasteiger partial charge in [0.2, 0.25) is 10.0 Å². The number of ether oxygens (including phenoxy) is 3. The smallest absolute Gasteiger partial charge is 0.339 e. The van der Waals surface area contributed by atoms with E-state index < -0.39 is 32.5 Å². The van der Waals surface area contributed by atoms with Crippen molar-refractivity contribution in [3.63, 3.8) is 0 Å². The van der Waals surface area contributed by atoms with E-state index in [1.807, 2.05) is 4.57 Å². The molecule has 1 heterocycles. The van der Waals surface area contributed by atoms with Crippen LogP contribution < -0.4 is 9.47 Å². The first kappa shape index (κ1) is 34.8. The minimum atomic E-state index is -4.34. The van der Waals surface area contributed by atoms with Crippen LogP contribution in [0.5, 0.6) is 11.5 Å². The normalized spacial score (nSPS) is 13.0. The number of rotatable bonds is 14. The summed E-state index contributed by atoms with van der Waals surface area (Å²) in [6.45, 7) is 0.125. The lowest BCUT2D eigenvalue weighted by Gasteiger charge is -2.23. The molecule has 4 aromatic carbocycles. The van der Waals surface area contributed by atoms with Crippen molar-refractivity contribution in [2.24, 2.45) is 5.92 Å². The molecule has 1 aliphatic carbocycles. The molecule has 1 aromatic heterocycles. The van der Waals surface area contributed by atoms with E-state index in [4.69, 9.17) is 14.2 Å². The summed E-state index contributed by atoms with van der Waals surface area (Å²) in [5, 5.41) is 0. The maximum atomic E-state index is 16.1. The zero-order valence-electron chi connectivity index (χ0n) is 28.1. The van der Waals surface area contributed by atoms with Crippen LogP contribution >= 0.6 is 0 Å². The molecule has 0 unspecified atom stereocenters. The van der Waals surface area contributed by atoms with Crippen molar-refractivity contribution < 1.29 is 36.2 Å². The average molecular weight is 701 g/mol. The highest BCUT2D eigenvalue weighted by atomic mass is 32.2. The molecule has 8 nitrogen and oxygen atoms in total. The van der Waals surface area contributed by atoms with Gasteiger partial charge < -0.3 is 18.8 Å². The number of benzene rings is 4. The molecule has 1 saturated carbocycles. The van der Waals surface area contributed by atoms with E-state index in [-0.39, 0.29) is 19.6 Å². The zero-order chi connectivity index (χ0) is 35.4. The van der Waals surface area contributed by atoms with E-state index >= 15 is 4.39 Å². The van der Waals surface area contributed by atoms with Crippen molar-refractivity contribution >= 4 is 16.0 Å². The van der Waals surface area contributed by atoms with Crippen molar-refractivity contribution in [1.29, 1.82) is 0 Å². The lowest BCUT2D eigenvalue weighted by Crippen LogP contribution is -2.31. The van der Waals surface area contributed by atoms with Gasteiger partial charge in [-0.1, -0.05) is 30.3 Å². The van der Waals surface area contributed by atoms with Gasteiger partial charge >= 0.3 is 5.97 Å². The topological polar surface area (TPSA) is 87.1 Å². The summed E-state index contributed by atoms with van der Waals surface area (Å²) in [4.78, 5) is 12.4. The lowest BCUT2D eigenvalue weighted by molar-refractivity contribution is 0.0599. The molecular weight excluding hydrogens is 663 g/mol. The Bertz CT molecular complexity index is 2030. The highest BCUT2D eigenvalue weighted by Crippen LogP contribution is 2.37. The van der Waals surface area contributed by atoms with Crippen molar-refractivity contribution in [2.75, 3.05) is 21.3 Å². The summed E-state index contributed by atoms with van der Waals surface area (Å²) in [5.41, 5.74) is 4.34. The number of hydrogen-bond donors (Lipinski definition) is 0. The molecule has 0 radical (unpaired) electrons. The van der Waals surface area contributed by atoms with Crippen molar-refractivity contribution in [3.8, 4) is 22.8 Å². The van der Waals surface area contributed by atoms with Gasteiger partial charge in [0.1, 0.15) is 28.0 Å². The Kier molecular flexibility index (Phi) is 10.4. The van der Waals surface area contributed by atoms with Crippen LogP contribution in [0, 0.1) is 17.6 Å². The Morgan fingerprint density at radius 1 is 0.780 bits per heavy atom. The molecule has 5 aromatic rings. The van der Waals surface area contributed by atoms with Gasteiger partial charge in [0.25, 0.3) is 0 Å². The van der Waals surface area contributed by atoms with Crippen LogP contribution in [0.25, 0.3) is 11.3 Å². The number of methoxy groups -OCH3 is 3. The van der Waals surface area contributed by atoms with Gasteiger partial charge in [0, 0.05) is 31.0 Å². The van der Waals surface area contributed by atoms with Crippen LogP contribution in [0.1, 0.15) is 45.6 Å². The molecule has 0 aliphatic heterocycles. The first-order valence-electron chi connectivity index (χ1n) is 16.2. The Hall–Kier alpha value is -5.00. The van der Waals surface area contributed by atoms with E-state index in [1.165, 1.54) is 35.7 Å². The minimum Gasteiger partial charge on any atom is -0.497 e. The van der Waals surface area contributed by atoms with E-state index in [0.29, 0.717) is 57.3 Å². The number of aromatic nitrogens is 1. The summed E-state index contributed by atoms with van der Waals surface area (Å²) < 4.78 is 77.1. The van der Waals surface area contributed by atoms with Crippen LogP contribution in [0.15, 0.2) is 102 Å². The average Bonchev–Trinajstić information content (AvgIpc) is 3.88. The summed E-state index contributed by atoms with van der Waals surface area (Å²) >= 11 is 0. The molecule has 0 bridgehead atoms. The van der Waals surface area contributed by atoms with Gasteiger partial charge in [-0.25, -0.2) is 22.0 Å². The highest BCUT2D eigenvalue weighted by molar-refractivity contribution is 7.89. The molecule has 0 atom stereocenters. The molecule has 0 saturated heterocycles. The number of carbonyl (C=O) groups excluding carboxylic acids is 1. The van der Waals surface area contributed by atoms with Crippen molar-refractivity contribution in [2.45, 2.75) is 43.8 Å². The lowest BCUT2D eigenvalue weighted by atomic mass is 10.1. The fourth-order valence-corrected chi connectivity index (χ4v) is 7.46. The molecule has 50 heavy (non-hydrogen) atoms. The molecule has 0 N–H and O–H groups in total. The first-order chi connectivity index (χ1) is 24.1. The number of hydrogen-bond acceptors (Lipinski definition) is 6. The van der Waals surface area contributed by atoms with Gasteiger partial charge in [0.05, 0.1) is 26.9 Å². The number of sulfonamides is 1. The largest absolute Gasteiger partial charge is 0.497 e.